The first kappa shape index (κ1) is 14.8. The van der Waals surface area contributed by atoms with E-state index in [-0.39, 0.29) is 0 Å². The van der Waals surface area contributed by atoms with E-state index in [1.807, 2.05) is 24.3 Å². The molecule has 8 aromatic rings. The first-order valence-electron chi connectivity index (χ1n) is 10.1. The first-order chi connectivity index (χ1) is 14.9. The number of para-hydroxylation sites is 4. The molecule has 30 heavy (non-hydrogen) atoms. The van der Waals surface area contributed by atoms with Crippen molar-refractivity contribution in [3.05, 3.63) is 78.9 Å². The Kier molecular flexibility index (Phi) is 2.39. The number of fused-ring (bicyclic) bond motifs is 10. The van der Waals surface area contributed by atoms with Crippen LogP contribution in [0.3, 0.4) is 0 Å². The number of nitrogens with zero attached hydrogens (tertiary/aromatic N) is 3. The highest BCUT2D eigenvalue weighted by Crippen LogP contribution is 2.40. The summed E-state index contributed by atoms with van der Waals surface area (Å²) in [5.41, 5.74) is 8.42. The standard InChI is InChI=1S/C26H14N4/c1-2-9-19-14(6-1)17-12-18-15-7-5-8-16-24-26(29-21-11-4-3-10-20(21)28-24)30(25(15)16)23(18)13-22(17)27-19/h1-13,27H. The minimum atomic E-state index is 0.922. The number of aromatic amines is 1. The van der Waals surface area contributed by atoms with Gasteiger partial charge < -0.3 is 4.98 Å². The molecular weight excluding hydrogens is 368 g/mol. The Morgan fingerprint density at radius 1 is 0.600 bits per heavy atom. The number of aromatic nitrogens is 4. The lowest BCUT2D eigenvalue weighted by Crippen LogP contribution is -1.88. The highest BCUT2D eigenvalue weighted by Gasteiger charge is 2.20. The van der Waals surface area contributed by atoms with Crippen molar-refractivity contribution in [3.63, 3.8) is 0 Å². The molecule has 4 aromatic carbocycles. The average molecular weight is 382 g/mol. The van der Waals surface area contributed by atoms with E-state index >= 15 is 0 Å². The summed E-state index contributed by atoms with van der Waals surface area (Å²) in [7, 11) is 0. The normalized spacial score (nSPS) is 12.7. The van der Waals surface area contributed by atoms with Crippen LogP contribution in [0, 0.1) is 0 Å². The van der Waals surface area contributed by atoms with Gasteiger partial charge in [0.05, 0.1) is 22.1 Å². The maximum atomic E-state index is 5.03. The molecule has 0 aliphatic heterocycles. The fourth-order valence-electron chi connectivity index (χ4n) is 5.15. The molecule has 1 N–H and O–H groups in total. The lowest BCUT2D eigenvalue weighted by molar-refractivity contribution is 1.28. The smallest absolute Gasteiger partial charge is 0.165 e. The zero-order chi connectivity index (χ0) is 19.4. The van der Waals surface area contributed by atoms with Crippen LogP contribution < -0.4 is 0 Å². The van der Waals surface area contributed by atoms with Crippen LogP contribution in [0.15, 0.2) is 78.9 Å². The molecule has 4 nitrogen and oxygen atoms in total. The van der Waals surface area contributed by atoms with Crippen LogP contribution in [0.25, 0.3) is 71.2 Å². The Bertz CT molecular complexity index is 1960. The van der Waals surface area contributed by atoms with E-state index in [9.17, 15) is 0 Å². The summed E-state index contributed by atoms with van der Waals surface area (Å²) in [6, 6.07) is 27.7. The van der Waals surface area contributed by atoms with Crippen LogP contribution in [0.4, 0.5) is 0 Å². The van der Waals surface area contributed by atoms with Crippen molar-refractivity contribution in [1.82, 2.24) is 19.4 Å². The average Bonchev–Trinajstić information content (AvgIpc) is 3.42. The third-order valence-electron chi connectivity index (χ3n) is 6.43. The predicted octanol–water partition coefficient (Wildman–Crippen LogP) is 6.41. The molecular formula is C26H14N4. The monoisotopic (exact) mass is 382 g/mol. The van der Waals surface area contributed by atoms with Gasteiger partial charge in [-0.15, -0.1) is 0 Å². The Morgan fingerprint density at radius 3 is 2.30 bits per heavy atom. The third-order valence-corrected chi connectivity index (χ3v) is 6.43. The second-order valence-electron chi connectivity index (χ2n) is 8.01. The van der Waals surface area contributed by atoms with Crippen LogP contribution >= 0.6 is 0 Å². The van der Waals surface area contributed by atoms with E-state index in [0.717, 1.165) is 38.6 Å². The largest absolute Gasteiger partial charge is 0.354 e. The molecule has 0 amide bonds. The summed E-state index contributed by atoms with van der Waals surface area (Å²) in [6.45, 7) is 0. The second-order valence-corrected chi connectivity index (χ2v) is 8.01. The van der Waals surface area contributed by atoms with Crippen molar-refractivity contribution < 1.29 is 0 Å². The van der Waals surface area contributed by atoms with Gasteiger partial charge in [-0.3, -0.25) is 4.40 Å². The molecule has 4 heteroatoms. The van der Waals surface area contributed by atoms with Gasteiger partial charge in [-0.05, 0) is 30.3 Å². The molecule has 138 valence electrons. The molecule has 4 aromatic heterocycles. The Hall–Kier alpha value is -4.18. The molecule has 0 atom stereocenters. The molecule has 0 aliphatic carbocycles. The van der Waals surface area contributed by atoms with Crippen molar-refractivity contribution in [1.29, 1.82) is 0 Å². The first-order valence-corrected chi connectivity index (χ1v) is 10.1. The van der Waals surface area contributed by atoms with Crippen molar-refractivity contribution in [2.45, 2.75) is 0 Å². The van der Waals surface area contributed by atoms with Crippen LogP contribution in [-0.2, 0) is 0 Å². The maximum absolute atomic E-state index is 5.03. The van der Waals surface area contributed by atoms with Crippen LogP contribution in [0.5, 0.6) is 0 Å². The third kappa shape index (κ3) is 1.61. The van der Waals surface area contributed by atoms with E-state index in [0.29, 0.717) is 0 Å². The summed E-state index contributed by atoms with van der Waals surface area (Å²) in [6.07, 6.45) is 0. The lowest BCUT2D eigenvalue weighted by atomic mass is 10.1. The lowest BCUT2D eigenvalue weighted by Gasteiger charge is -2.00. The molecule has 8 rings (SSSR count). The molecule has 0 saturated heterocycles. The summed E-state index contributed by atoms with van der Waals surface area (Å²) >= 11 is 0. The topological polar surface area (TPSA) is 46.0 Å². The second kappa shape index (κ2) is 4.86. The Morgan fingerprint density at radius 2 is 1.37 bits per heavy atom. The van der Waals surface area contributed by atoms with Crippen molar-refractivity contribution in [2.24, 2.45) is 0 Å². The van der Waals surface area contributed by atoms with E-state index < -0.39 is 0 Å². The molecule has 4 heterocycles. The zero-order valence-electron chi connectivity index (χ0n) is 15.8. The number of rotatable bonds is 0. The molecule has 0 bridgehead atoms. The van der Waals surface area contributed by atoms with Gasteiger partial charge in [-0.2, -0.15) is 0 Å². The van der Waals surface area contributed by atoms with Crippen molar-refractivity contribution in [2.75, 3.05) is 0 Å². The minimum Gasteiger partial charge on any atom is -0.354 e. The Labute approximate surface area is 169 Å². The number of H-pyrrole nitrogens is 1. The fourth-order valence-corrected chi connectivity index (χ4v) is 5.15. The van der Waals surface area contributed by atoms with Gasteiger partial charge in [0.2, 0.25) is 0 Å². The molecule has 0 radical (unpaired) electrons. The van der Waals surface area contributed by atoms with E-state index in [4.69, 9.17) is 9.97 Å². The van der Waals surface area contributed by atoms with Gasteiger partial charge in [0, 0.05) is 38.0 Å². The van der Waals surface area contributed by atoms with Gasteiger partial charge in [0.15, 0.2) is 5.65 Å². The molecule has 0 saturated carbocycles. The number of hydrogen-bond acceptors (Lipinski definition) is 2. The Balaban J connectivity index is 1.67. The minimum absolute atomic E-state index is 0.922. The quantitative estimate of drug-likeness (QED) is 0.329. The number of nitrogens with one attached hydrogen (secondary N) is 1. The molecule has 0 spiro atoms. The van der Waals surface area contributed by atoms with Crippen molar-refractivity contribution in [3.8, 4) is 0 Å². The summed E-state index contributed by atoms with van der Waals surface area (Å²) in [4.78, 5) is 13.6. The molecule has 0 fully saturated rings. The van der Waals surface area contributed by atoms with Gasteiger partial charge >= 0.3 is 0 Å². The summed E-state index contributed by atoms with van der Waals surface area (Å²) in [5, 5.41) is 6.18. The zero-order valence-corrected chi connectivity index (χ0v) is 15.8. The predicted molar refractivity (Wildman–Crippen MR) is 124 cm³/mol. The van der Waals surface area contributed by atoms with Crippen LogP contribution in [-0.4, -0.2) is 19.4 Å². The molecule has 0 unspecified atom stereocenters. The summed E-state index contributed by atoms with van der Waals surface area (Å²) in [5.74, 6) is 0. The van der Waals surface area contributed by atoms with Crippen molar-refractivity contribution >= 4 is 71.2 Å². The highest BCUT2D eigenvalue weighted by molar-refractivity contribution is 6.25. The number of hydrogen-bond donors (Lipinski definition) is 1. The summed E-state index contributed by atoms with van der Waals surface area (Å²) < 4.78 is 2.29. The van der Waals surface area contributed by atoms with Gasteiger partial charge in [0.25, 0.3) is 0 Å². The van der Waals surface area contributed by atoms with E-state index in [1.54, 1.807) is 0 Å². The van der Waals surface area contributed by atoms with Gasteiger partial charge in [-0.1, -0.05) is 48.5 Å². The SMILES string of the molecule is c1ccc2nc3c(nc2c1)c1cccc2c4cc5c(cc4n3c21)[nH]c1ccccc15. The number of benzene rings is 4. The maximum Gasteiger partial charge on any atom is 0.165 e. The van der Waals surface area contributed by atoms with Crippen LogP contribution in [0.2, 0.25) is 0 Å². The van der Waals surface area contributed by atoms with E-state index in [2.05, 4.69) is 64.0 Å². The fraction of sp³-hybridized carbons (Fsp3) is 0. The molecule has 0 aliphatic rings. The van der Waals surface area contributed by atoms with E-state index in [1.165, 1.54) is 32.6 Å². The highest BCUT2D eigenvalue weighted by atomic mass is 15.0. The van der Waals surface area contributed by atoms with Crippen LogP contribution in [0.1, 0.15) is 0 Å². The van der Waals surface area contributed by atoms with Gasteiger partial charge in [0.1, 0.15) is 5.52 Å². The van der Waals surface area contributed by atoms with Gasteiger partial charge in [-0.25, -0.2) is 9.97 Å².